The van der Waals surface area contributed by atoms with Crippen LogP contribution in [0.25, 0.3) is 49.6 Å². The van der Waals surface area contributed by atoms with Gasteiger partial charge in [0.1, 0.15) is 6.07 Å². The number of hydrogen-bond acceptors (Lipinski definition) is 3. The Balaban J connectivity index is 0.000000184. The molecule has 4 aromatic carbocycles. The molecule has 7 aromatic rings. The molecular formula is C34H24IrN4-2. The molecule has 0 N–H and O–H groups in total. The number of pyridine rings is 2. The Morgan fingerprint density at radius 3 is 2.56 bits per heavy atom. The van der Waals surface area contributed by atoms with Gasteiger partial charge in [0.2, 0.25) is 0 Å². The van der Waals surface area contributed by atoms with Crippen molar-refractivity contribution in [1.82, 2.24) is 14.4 Å². The Kier molecular flexibility index (Phi) is 4.78. The van der Waals surface area contributed by atoms with Crippen molar-refractivity contribution >= 4 is 38.4 Å². The molecule has 0 amide bonds. The maximum atomic E-state index is 9.50. The second-order valence-electron chi connectivity index (χ2n) is 8.64. The first kappa shape index (κ1) is 17.3. The molecule has 0 aliphatic heterocycles. The van der Waals surface area contributed by atoms with Gasteiger partial charge in [-0.05, 0) is 48.5 Å². The van der Waals surface area contributed by atoms with E-state index in [2.05, 4.69) is 45.8 Å². The Labute approximate surface area is 253 Å². The predicted molar refractivity (Wildman–Crippen MR) is 154 cm³/mol. The number of aromatic nitrogens is 3. The molecule has 0 aliphatic carbocycles. The zero-order valence-electron chi connectivity index (χ0n) is 29.3. The number of imidazole rings is 1. The van der Waals surface area contributed by atoms with Gasteiger partial charge < -0.3 is 9.38 Å². The second kappa shape index (κ2) is 10.8. The summed E-state index contributed by atoms with van der Waals surface area (Å²) in [5, 5.41) is 12.7. The summed E-state index contributed by atoms with van der Waals surface area (Å²) >= 11 is 0. The van der Waals surface area contributed by atoms with Crippen LogP contribution in [0.1, 0.15) is 34.6 Å². The number of benzene rings is 4. The van der Waals surface area contributed by atoms with E-state index in [-0.39, 0.29) is 42.5 Å². The van der Waals surface area contributed by atoms with Crippen LogP contribution in [0.3, 0.4) is 0 Å². The number of rotatable bonds is 1. The molecule has 39 heavy (non-hydrogen) atoms. The van der Waals surface area contributed by atoms with E-state index in [1.807, 2.05) is 42.5 Å². The smallest absolute Gasteiger partial charge is 0.101 e. The summed E-state index contributed by atoms with van der Waals surface area (Å²) < 4.78 is 69.0. The van der Waals surface area contributed by atoms with Gasteiger partial charge in [-0.1, -0.05) is 48.1 Å². The minimum Gasteiger partial charge on any atom is -0.332 e. The maximum absolute atomic E-state index is 9.50. The topological polar surface area (TPSA) is 54.0 Å². The summed E-state index contributed by atoms with van der Waals surface area (Å²) in [6.07, 6.45) is 1.02. The monoisotopic (exact) mass is 690 g/mol. The van der Waals surface area contributed by atoms with Crippen molar-refractivity contribution in [2.45, 2.75) is 20.6 Å². The van der Waals surface area contributed by atoms with Gasteiger partial charge in [0.25, 0.3) is 0 Å². The number of aryl methyl sites for hydroxylation is 3. The summed E-state index contributed by atoms with van der Waals surface area (Å²) in [6.45, 7) is -7.47. The number of hydrogen-bond donors (Lipinski definition) is 0. The molecule has 0 aliphatic rings. The van der Waals surface area contributed by atoms with Gasteiger partial charge in [0, 0.05) is 44.2 Å². The third kappa shape index (κ3) is 4.70. The van der Waals surface area contributed by atoms with Crippen LogP contribution >= 0.6 is 0 Å². The summed E-state index contributed by atoms with van der Waals surface area (Å²) in [5.41, 5.74) is 4.29. The van der Waals surface area contributed by atoms with Gasteiger partial charge in [0.05, 0.1) is 22.2 Å². The third-order valence-corrected chi connectivity index (χ3v) is 6.30. The van der Waals surface area contributed by atoms with Crippen molar-refractivity contribution < 1.29 is 32.4 Å². The van der Waals surface area contributed by atoms with E-state index >= 15 is 0 Å². The van der Waals surface area contributed by atoms with Crippen LogP contribution in [0, 0.1) is 44.0 Å². The number of nitriles is 1. The summed E-state index contributed by atoms with van der Waals surface area (Å²) in [4.78, 5) is 8.78. The van der Waals surface area contributed by atoms with Crippen LogP contribution in [0.4, 0.5) is 0 Å². The van der Waals surface area contributed by atoms with Crippen molar-refractivity contribution in [3.63, 3.8) is 0 Å². The molecule has 0 spiro atoms. The van der Waals surface area contributed by atoms with Gasteiger partial charge in [-0.2, -0.15) is 5.26 Å². The first-order chi connectivity index (χ1) is 22.2. The normalized spacial score (nSPS) is 15.1. The molecule has 0 saturated heterocycles. The molecule has 3 heterocycles. The summed E-state index contributed by atoms with van der Waals surface area (Å²) in [6, 6.07) is 33.6. The van der Waals surface area contributed by atoms with E-state index in [0.29, 0.717) is 11.1 Å². The Hall–Kier alpha value is -4.36. The van der Waals surface area contributed by atoms with E-state index in [1.165, 1.54) is 24.3 Å². The van der Waals surface area contributed by atoms with Gasteiger partial charge in [-0.3, -0.25) is 4.98 Å². The van der Waals surface area contributed by atoms with E-state index in [0.717, 1.165) is 44.6 Å². The second-order valence-corrected chi connectivity index (χ2v) is 8.64. The van der Waals surface area contributed by atoms with Gasteiger partial charge in [-0.25, -0.2) is 0 Å². The molecule has 0 saturated carbocycles. The average Bonchev–Trinajstić information content (AvgIpc) is 3.44. The minimum absolute atomic E-state index is 0. The van der Waals surface area contributed by atoms with Crippen molar-refractivity contribution in [3.8, 4) is 17.3 Å². The fourth-order valence-corrected chi connectivity index (χ4v) is 4.55. The van der Waals surface area contributed by atoms with Crippen molar-refractivity contribution in [1.29, 1.82) is 5.26 Å². The quantitative estimate of drug-likeness (QED) is 0.130. The van der Waals surface area contributed by atoms with Crippen LogP contribution in [0.5, 0.6) is 0 Å². The SMILES string of the molecule is N#Cc1cccc2nc3c4[c-]cccc4c4ccccc4n3c12.[2H]C([2H])([2H])c1c[c-]c(-c2cc(C([2H])([2H])[2H])c(C([2H])([2H])[2H])cn2)cc1.[Ir]. The number of para-hydroxylation sites is 2. The molecule has 3 aromatic heterocycles. The standard InChI is InChI=1S/C20H10N3.C14H14N.Ir/c21-12-13-6-5-10-17-19(13)23-18-11-4-3-8-15(18)14-7-1-2-9-16(14)20(23)22-17;1-10-4-6-13(7-5-10)14-8-11(2)12(3)9-15-14;/h1-8,10-11H;4-6,8-9H,1-3H3;/q2*-1;/i;1D3,2D3,3D3;. The first-order valence-electron chi connectivity index (χ1n) is 16.2. The van der Waals surface area contributed by atoms with Crippen LogP contribution in [-0.2, 0) is 20.1 Å². The Morgan fingerprint density at radius 1 is 0.897 bits per heavy atom. The predicted octanol–water partition coefficient (Wildman–Crippen LogP) is 7.94. The van der Waals surface area contributed by atoms with Crippen LogP contribution < -0.4 is 0 Å². The molecule has 1 radical (unpaired) electrons. The van der Waals surface area contributed by atoms with E-state index in [9.17, 15) is 5.26 Å². The van der Waals surface area contributed by atoms with Crippen LogP contribution in [0.2, 0.25) is 0 Å². The Bertz CT molecular complexity index is 2330. The van der Waals surface area contributed by atoms with E-state index in [1.54, 1.807) is 0 Å². The van der Waals surface area contributed by atoms with Crippen LogP contribution in [-0.4, -0.2) is 14.4 Å². The largest absolute Gasteiger partial charge is 0.332 e. The average molecular weight is 690 g/mol. The van der Waals surface area contributed by atoms with Crippen molar-refractivity contribution in [3.05, 3.63) is 126 Å². The molecule has 0 atom stereocenters. The molecular weight excluding hydrogens is 657 g/mol. The van der Waals surface area contributed by atoms with Crippen molar-refractivity contribution in [2.75, 3.05) is 0 Å². The van der Waals surface area contributed by atoms with Gasteiger partial charge in [-0.15, -0.1) is 65.0 Å². The van der Waals surface area contributed by atoms with E-state index < -0.39 is 20.6 Å². The first-order valence-corrected chi connectivity index (χ1v) is 11.7. The molecule has 5 heteroatoms. The van der Waals surface area contributed by atoms with E-state index in [4.69, 9.17) is 17.3 Å². The zero-order valence-corrected chi connectivity index (χ0v) is 22.7. The minimum atomic E-state index is -2.61. The molecule has 0 fully saturated rings. The summed E-state index contributed by atoms with van der Waals surface area (Å²) in [7, 11) is 0. The summed E-state index contributed by atoms with van der Waals surface area (Å²) in [5.74, 6) is 0. The molecule has 0 unspecified atom stereocenters. The fourth-order valence-electron chi connectivity index (χ4n) is 4.55. The molecule has 191 valence electrons. The van der Waals surface area contributed by atoms with Crippen molar-refractivity contribution in [2.24, 2.45) is 0 Å². The van der Waals surface area contributed by atoms with Crippen LogP contribution in [0.15, 0.2) is 91.1 Å². The van der Waals surface area contributed by atoms with Gasteiger partial charge in [0.15, 0.2) is 0 Å². The zero-order chi connectivity index (χ0) is 33.7. The number of fused-ring (bicyclic) bond motifs is 8. The Morgan fingerprint density at radius 2 is 1.77 bits per heavy atom. The molecule has 4 nitrogen and oxygen atoms in total. The maximum Gasteiger partial charge on any atom is 0.101 e. The fraction of sp³-hybridized carbons (Fsp3) is 0.0882. The molecule has 0 bridgehead atoms. The third-order valence-electron chi connectivity index (χ3n) is 6.30. The molecule has 7 rings (SSSR count). The number of nitrogens with zero attached hydrogens (tertiary/aromatic N) is 4. The van der Waals surface area contributed by atoms with Gasteiger partial charge >= 0.3 is 0 Å².